The van der Waals surface area contributed by atoms with Crippen LogP contribution in [-0.4, -0.2) is 34.7 Å². The highest BCUT2D eigenvalue weighted by Crippen LogP contribution is 2.25. The summed E-state index contributed by atoms with van der Waals surface area (Å²) in [5.41, 5.74) is 2.00. The molecule has 3 aromatic rings. The van der Waals surface area contributed by atoms with E-state index < -0.39 is 0 Å². The molecule has 0 saturated heterocycles. The van der Waals surface area contributed by atoms with Crippen molar-refractivity contribution < 1.29 is 13.9 Å². The molecule has 2 heterocycles. The van der Waals surface area contributed by atoms with E-state index in [-0.39, 0.29) is 5.91 Å². The summed E-state index contributed by atoms with van der Waals surface area (Å²) >= 11 is 0. The fourth-order valence-electron chi connectivity index (χ4n) is 2.76. The van der Waals surface area contributed by atoms with Crippen LogP contribution in [0.2, 0.25) is 0 Å². The minimum atomic E-state index is 0.0799. The topological polar surface area (TPSA) is 60.5 Å². The van der Waals surface area contributed by atoms with Gasteiger partial charge in [-0.1, -0.05) is 0 Å². The minimum Gasteiger partial charge on any atom is -0.497 e. The zero-order valence-electron chi connectivity index (χ0n) is 15.3. The van der Waals surface area contributed by atoms with E-state index in [4.69, 9.17) is 9.15 Å². The molecule has 0 spiro atoms. The molecule has 0 atom stereocenters. The van der Waals surface area contributed by atoms with E-state index in [2.05, 4.69) is 5.10 Å². The number of furan rings is 1. The van der Waals surface area contributed by atoms with Gasteiger partial charge >= 0.3 is 0 Å². The highest BCUT2D eigenvalue weighted by atomic mass is 16.5. The van der Waals surface area contributed by atoms with Crippen molar-refractivity contribution in [3.05, 3.63) is 60.1 Å². The van der Waals surface area contributed by atoms with Crippen molar-refractivity contribution in [3.8, 4) is 17.1 Å². The molecule has 0 aliphatic carbocycles. The zero-order chi connectivity index (χ0) is 18.5. The minimum absolute atomic E-state index is 0.0799. The molecule has 0 fully saturated rings. The number of hydrogen-bond acceptors (Lipinski definition) is 4. The monoisotopic (exact) mass is 353 g/mol. The number of hydrogen-bond donors (Lipinski definition) is 0. The second kappa shape index (κ2) is 7.91. The lowest BCUT2D eigenvalue weighted by molar-refractivity contribution is -0.130. The van der Waals surface area contributed by atoms with Gasteiger partial charge in [0.2, 0.25) is 5.91 Å². The van der Waals surface area contributed by atoms with Crippen LogP contribution in [0.3, 0.4) is 0 Å². The third kappa shape index (κ3) is 4.33. The Morgan fingerprint density at radius 2 is 2.00 bits per heavy atom. The van der Waals surface area contributed by atoms with Gasteiger partial charge in [0.15, 0.2) is 0 Å². The van der Waals surface area contributed by atoms with Crippen LogP contribution in [0.5, 0.6) is 5.75 Å². The second-order valence-electron chi connectivity index (χ2n) is 6.27. The van der Waals surface area contributed by atoms with Gasteiger partial charge in [-0.25, -0.2) is 0 Å². The Bertz CT molecular complexity index is 865. The van der Waals surface area contributed by atoms with Gasteiger partial charge in [-0.2, -0.15) is 5.10 Å². The maximum atomic E-state index is 12.3. The lowest BCUT2D eigenvalue weighted by Gasteiger charge is -2.15. The molecule has 1 amide bonds. The molecule has 136 valence electrons. The Morgan fingerprint density at radius 1 is 1.23 bits per heavy atom. The first kappa shape index (κ1) is 17.8. The highest BCUT2D eigenvalue weighted by Gasteiger charge is 2.12. The number of aryl methyl sites for hydroxylation is 2. The highest BCUT2D eigenvalue weighted by molar-refractivity contribution is 5.76. The van der Waals surface area contributed by atoms with E-state index in [0.29, 0.717) is 19.4 Å². The van der Waals surface area contributed by atoms with Crippen LogP contribution < -0.4 is 4.74 Å². The van der Waals surface area contributed by atoms with E-state index in [1.165, 1.54) is 0 Å². The number of amides is 1. The molecule has 2 aromatic heterocycles. The van der Waals surface area contributed by atoms with Gasteiger partial charge in [0, 0.05) is 50.8 Å². The molecule has 0 unspecified atom stereocenters. The van der Waals surface area contributed by atoms with E-state index in [0.717, 1.165) is 28.4 Å². The van der Waals surface area contributed by atoms with Gasteiger partial charge < -0.3 is 14.1 Å². The fraction of sp³-hybridized carbons (Fsp3) is 0.300. The van der Waals surface area contributed by atoms with Crippen molar-refractivity contribution >= 4 is 5.91 Å². The van der Waals surface area contributed by atoms with Crippen molar-refractivity contribution in [3.63, 3.8) is 0 Å². The molecular weight excluding hydrogens is 330 g/mol. The molecule has 1 aromatic carbocycles. The lowest BCUT2D eigenvalue weighted by Crippen LogP contribution is -2.26. The summed E-state index contributed by atoms with van der Waals surface area (Å²) in [6, 6.07) is 11.6. The van der Waals surface area contributed by atoms with Gasteiger partial charge in [-0.05, 0) is 36.4 Å². The molecule has 26 heavy (non-hydrogen) atoms. The number of rotatable bonds is 7. The largest absolute Gasteiger partial charge is 0.497 e. The first-order chi connectivity index (χ1) is 12.5. The first-order valence-electron chi connectivity index (χ1n) is 8.50. The first-order valence-corrected chi connectivity index (χ1v) is 8.50. The predicted molar refractivity (Wildman–Crippen MR) is 98.7 cm³/mol. The molecule has 6 heteroatoms. The summed E-state index contributed by atoms with van der Waals surface area (Å²) in [6.07, 6.45) is 4.67. The van der Waals surface area contributed by atoms with Crippen LogP contribution in [-0.2, 0) is 24.8 Å². The van der Waals surface area contributed by atoms with Gasteiger partial charge in [-0.15, -0.1) is 0 Å². The van der Waals surface area contributed by atoms with Crippen LogP contribution in [0.25, 0.3) is 11.3 Å². The number of methoxy groups -OCH3 is 1. The second-order valence-corrected chi connectivity index (χ2v) is 6.27. The molecule has 6 nitrogen and oxygen atoms in total. The summed E-state index contributed by atoms with van der Waals surface area (Å²) in [6.45, 7) is 0.557. The predicted octanol–water partition coefficient (Wildman–Crippen LogP) is 3.28. The van der Waals surface area contributed by atoms with Crippen LogP contribution in [0.15, 0.2) is 53.2 Å². The van der Waals surface area contributed by atoms with E-state index in [9.17, 15) is 4.79 Å². The third-order valence-electron chi connectivity index (χ3n) is 4.23. The molecule has 0 saturated carbocycles. The number of benzene rings is 1. The van der Waals surface area contributed by atoms with Crippen molar-refractivity contribution in [1.82, 2.24) is 14.7 Å². The van der Waals surface area contributed by atoms with Gasteiger partial charge in [0.1, 0.15) is 17.3 Å². The average Bonchev–Trinajstić information content (AvgIpc) is 3.28. The molecular formula is C20H23N3O3. The normalized spacial score (nSPS) is 10.7. The molecule has 0 radical (unpaired) electrons. The number of nitrogens with zero attached hydrogens (tertiary/aromatic N) is 3. The Balaban J connectivity index is 1.54. The molecule has 0 aliphatic rings. The standard InChI is InChI=1S/C20H23N3O3/c1-22(13-15-12-21-23(2)14-15)20(24)11-9-18-8-10-19(26-18)16-4-6-17(25-3)7-5-16/h4-8,10,12,14H,9,11,13H2,1-3H3. The summed E-state index contributed by atoms with van der Waals surface area (Å²) < 4.78 is 12.8. The van der Waals surface area contributed by atoms with Crippen LogP contribution in [0.1, 0.15) is 17.7 Å². The van der Waals surface area contributed by atoms with Crippen molar-refractivity contribution in [2.24, 2.45) is 7.05 Å². The number of aromatic nitrogens is 2. The number of ether oxygens (including phenoxy) is 1. The van der Waals surface area contributed by atoms with Gasteiger partial charge in [-0.3, -0.25) is 9.48 Å². The third-order valence-corrected chi connectivity index (χ3v) is 4.23. The van der Waals surface area contributed by atoms with Crippen molar-refractivity contribution in [1.29, 1.82) is 0 Å². The average molecular weight is 353 g/mol. The lowest BCUT2D eigenvalue weighted by atomic mass is 10.2. The van der Waals surface area contributed by atoms with Crippen molar-refractivity contribution in [2.45, 2.75) is 19.4 Å². The molecule has 0 aliphatic heterocycles. The van der Waals surface area contributed by atoms with E-state index in [1.54, 1.807) is 29.9 Å². The smallest absolute Gasteiger partial charge is 0.223 e. The Morgan fingerprint density at radius 3 is 2.65 bits per heavy atom. The quantitative estimate of drug-likeness (QED) is 0.654. The summed E-state index contributed by atoms with van der Waals surface area (Å²) in [4.78, 5) is 14.0. The molecule has 3 rings (SSSR count). The maximum Gasteiger partial charge on any atom is 0.223 e. The summed E-state index contributed by atoms with van der Waals surface area (Å²) in [5, 5.41) is 4.12. The van der Waals surface area contributed by atoms with Crippen molar-refractivity contribution in [2.75, 3.05) is 14.2 Å². The molecule has 0 bridgehead atoms. The maximum absolute atomic E-state index is 12.3. The van der Waals surface area contributed by atoms with Gasteiger partial charge in [0.25, 0.3) is 0 Å². The molecule has 0 N–H and O–H groups in total. The Hall–Kier alpha value is -3.02. The summed E-state index contributed by atoms with van der Waals surface area (Å²) in [7, 11) is 5.31. The number of carbonyl (C=O) groups is 1. The van der Waals surface area contributed by atoms with E-state index in [1.807, 2.05) is 49.6 Å². The van der Waals surface area contributed by atoms with Crippen LogP contribution in [0, 0.1) is 0 Å². The Labute approximate surface area is 153 Å². The zero-order valence-corrected chi connectivity index (χ0v) is 15.3. The van der Waals surface area contributed by atoms with Crippen LogP contribution in [0.4, 0.5) is 0 Å². The van der Waals surface area contributed by atoms with Crippen LogP contribution >= 0.6 is 0 Å². The van der Waals surface area contributed by atoms with E-state index >= 15 is 0 Å². The Kier molecular flexibility index (Phi) is 5.41. The number of carbonyl (C=O) groups excluding carboxylic acids is 1. The fourth-order valence-corrected chi connectivity index (χ4v) is 2.76. The summed E-state index contributed by atoms with van der Waals surface area (Å²) in [5.74, 6) is 2.48. The SMILES string of the molecule is COc1ccc(-c2ccc(CCC(=O)N(C)Cc3cnn(C)c3)o2)cc1. The van der Waals surface area contributed by atoms with Gasteiger partial charge in [0.05, 0.1) is 13.3 Å².